The van der Waals surface area contributed by atoms with Crippen LogP contribution in [0.1, 0.15) is 12.5 Å². The summed E-state index contributed by atoms with van der Waals surface area (Å²) in [7, 11) is 0. The predicted octanol–water partition coefficient (Wildman–Crippen LogP) is 2.56. The summed E-state index contributed by atoms with van der Waals surface area (Å²) in [6.45, 7) is 9.75. The van der Waals surface area contributed by atoms with E-state index in [9.17, 15) is 0 Å². The quantitative estimate of drug-likeness (QED) is 0.887. The van der Waals surface area contributed by atoms with Gasteiger partial charge in [-0.1, -0.05) is 48.5 Å². The third-order valence-corrected chi connectivity index (χ3v) is 3.41. The van der Waals surface area contributed by atoms with Crippen LogP contribution in [0.4, 0.5) is 0 Å². The smallest absolute Gasteiger partial charge is 0.0535 e. The van der Waals surface area contributed by atoms with Gasteiger partial charge in [0.05, 0.1) is 5.54 Å². The van der Waals surface area contributed by atoms with Crippen molar-refractivity contribution in [3.63, 3.8) is 0 Å². The monoisotopic (exact) mass is 250 g/mol. The molecule has 0 bridgehead atoms. The molecule has 1 unspecified atom stereocenters. The Morgan fingerprint density at radius 3 is 2.82 bits per heavy atom. The molecule has 1 aromatic carbocycles. The molecule has 0 spiro atoms. The number of benzene rings is 1. The molecule has 0 aliphatic carbocycles. The maximum absolute atomic E-state index is 5.89. The summed E-state index contributed by atoms with van der Waals surface area (Å²) in [5.41, 5.74) is 1.33. The van der Waals surface area contributed by atoms with Gasteiger partial charge in [0.25, 0.3) is 0 Å². The van der Waals surface area contributed by atoms with Gasteiger partial charge < -0.3 is 5.32 Å². The average Bonchev–Trinajstić information content (AvgIpc) is 2.29. The maximum atomic E-state index is 5.89. The normalized spacial score (nSPS) is 25.8. The molecule has 0 radical (unpaired) electrons. The molecule has 1 N–H and O–H groups in total. The van der Waals surface area contributed by atoms with Gasteiger partial charge in [-0.05, 0) is 12.5 Å². The van der Waals surface area contributed by atoms with Crippen molar-refractivity contribution in [2.24, 2.45) is 0 Å². The van der Waals surface area contributed by atoms with Crippen LogP contribution in [0.3, 0.4) is 0 Å². The van der Waals surface area contributed by atoms with Crippen LogP contribution in [-0.2, 0) is 5.54 Å². The standard InChI is InChI=1S/C14H19ClN2/c1-12(15)10-17-9-8-16-14(2,11-17)13-6-4-3-5-7-13/h3-7,16H,1,8-11H2,2H3. The van der Waals surface area contributed by atoms with Gasteiger partial charge in [-0.3, -0.25) is 4.90 Å². The Morgan fingerprint density at radius 1 is 1.47 bits per heavy atom. The molecule has 17 heavy (non-hydrogen) atoms. The first-order valence-corrected chi connectivity index (χ1v) is 6.34. The van der Waals surface area contributed by atoms with Crippen molar-refractivity contribution in [2.75, 3.05) is 26.2 Å². The lowest BCUT2D eigenvalue weighted by Crippen LogP contribution is -2.56. The SMILES string of the molecule is C=C(Cl)CN1CCNC(C)(c2ccccc2)C1. The highest BCUT2D eigenvalue weighted by Crippen LogP contribution is 2.24. The molecule has 0 saturated carbocycles. The molecule has 1 atom stereocenters. The summed E-state index contributed by atoms with van der Waals surface area (Å²) < 4.78 is 0. The molecule has 1 aliphatic rings. The van der Waals surface area contributed by atoms with Crippen molar-refractivity contribution in [3.05, 3.63) is 47.5 Å². The lowest BCUT2D eigenvalue weighted by atomic mass is 9.89. The Morgan fingerprint density at radius 2 is 2.18 bits per heavy atom. The van der Waals surface area contributed by atoms with Gasteiger partial charge in [-0.25, -0.2) is 0 Å². The number of rotatable bonds is 3. The molecule has 2 rings (SSSR count). The summed E-state index contributed by atoms with van der Waals surface area (Å²) in [6.07, 6.45) is 0. The molecule has 2 nitrogen and oxygen atoms in total. The van der Waals surface area contributed by atoms with Crippen LogP contribution < -0.4 is 5.32 Å². The Hall–Kier alpha value is -0.830. The van der Waals surface area contributed by atoms with Gasteiger partial charge in [0.2, 0.25) is 0 Å². The van der Waals surface area contributed by atoms with E-state index in [1.54, 1.807) is 0 Å². The fourth-order valence-electron chi connectivity index (χ4n) is 2.45. The molecule has 1 saturated heterocycles. The lowest BCUT2D eigenvalue weighted by molar-refractivity contribution is 0.155. The van der Waals surface area contributed by atoms with E-state index in [2.05, 4.69) is 48.0 Å². The van der Waals surface area contributed by atoms with Gasteiger partial charge in [0, 0.05) is 31.2 Å². The van der Waals surface area contributed by atoms with Crippen LogP contribution in [0.15, 0.2) is 41.9 Å². The molecular formula is C14H19ClN2. The highest BCUT2D eigenvalue weighted by atomic mass is 35.5. The molecule has 92 valence electrons. The van der Waals surface area contributed by atoms with Gasteiger partial charge in [-0.2, -0.15) is 0 Å². The fourth-order valence-corrected chi connectivity index (χ4v) is 2.62. The summed E-state index contributed by atoms with van der Waals surface area (Å²) in [5.74, 6) is 0. The molecule has 1 aromatic rings. The van der Waals surface area contributed by atoms with E-state index in [1.807, 2.05) is 6.07 Å². The first kappa shape index (κ1) is 12.6. The number of hydrogen-bond acceptors (Lipinski definition) is 2. The molecule has 0 amide bonds. The number of piperazine rings is 1. The Kier molecular flexibility index (Phi) is 3.87. The highest BCUT2D eigenvalue weighted by molar-refractivity contribution is 6.29. The minimum atomic E-state index is 0.00580. The molecular weight excluding hydrogens is 232 g/mol. The topological polar surface area (TPSA) is 15.3 Å². The minimum Gasteiger partial charge on any atom is -0.305 e. The van der Waals surface area contributed by atoms with E-state index >= 15 is 0 Å². The molecule has 1 fully saturated rings. The predicted molar refractivity (Wildman–Crippen MR) is 73.2 cm³/mol. The van der Waals surface area contributed by atoms with Crippen molar-refractivity contribution >= 4 is 11.6 Å². The van der Waals surface area contributed by atoms with Crippen molar-refractivity contribution in [2.45, 2.75) is 12.5 Å². The van der Waals surface area contributed by atoms with E-state index in [4.69, 9.17) is 11.6 Å². The number of hydrogen-bond donors (Lipinski definition) is 1. The maximum Gasteiger partial charge on any atom is 0.0535 e. The molecule has 3 heteroatoms. The Bertz CT molecular complexity index is 390. The van der Waals surface area contributed by atoms with Crippen LogP contribution in [0.2, 0.25) is 0 Å². The lowest BCUT2D eigenvalue weighted by Gasteiger charge is -2.41. The van der Waals surface area contributed by atoms with Crippen LogP contribution in [0, 0.1) is 0 Å². The van der Waals surface area contributed by atoms with Crippen LogP contribution >= 0.6 is 11.6 Å². The first-order chi connectivity index (χ1) is 8.10. The summed E-state index contributed by atoms with van der Waals surface area (Å²) >= 11 is 5.89. The summed E-state index contributed by atoms with van der Waals surface area (Å²) in [5, 5.41) is 4.31. The van der Waals surface area contributed by atoms with E-state index in [0.29, 0.717) is 5.03 Å². The van der Waals surface area contributed by atoms with Crippen molar-refractivity contribution in [3.8, 4) is 0 Å². The second kappa shape index (κ2) is 5.21. The second-order valence-corrected chi connectivity index (χ2v) is 5.39. The first-order valence-electron chi connectivity index (χ1n) is 5.96. The van der Waals surface area contributed by atoms with Gasteiger partial charge in [-0.15, -0.1) is 0 Å². The average molecular weight is 251 g/mol. The van der Waals surface area contributed by atoms with Crippen LogP contribution in [-0.4, -0.2) is 31.1 Å². The Labute approximate surface area is 108 Å². The van der Waals surface area contributed by atoms with E-state index in [-0.39, 0.29) is 5.54 Å². The second-order valence-electron chi connectivity index (χ2n) is 4.85. The zero-order valence-electron chi connectivity index (χ0n) is 10.2. The third kappa shape index (κ3) is 3.09. The zero-order chi connectivity index (χ0) is 12.3. The van der Waals surface area contributed by atoms with E-state index < -0.39 is 0 Å². The summed E-state index contributed by atoms with van der Waals surface area (Å²) in [6, 6.07) is 10.6. The largest absolute Gasteiger partial charge is 0.305 e. The van der Waals surface area contributed by atoms with Crippen molar-refractivity contribution in [1.29, 1.82) is 0 Å². The van der Waals surface area contributed by atoms with Crippen LogP contribution in [0.25, 0.3) is 0 Å². The number of nitrogens with one attached hydrogen (secondary N) is 1. The van der Waals surface area contributed by atoms with Crippen LogP contribution in [0.5, 0.6) is 0 Å². The van der Waals surface area contributed by atoms with Gasteiger partial charge in [0.15, 0.2) is 0 Å². The molecule has 1 aliphatic heterocycles. The molecule has 0 aromatic heterocycles. The third-order valence-electron chi connectivity index (χ3n) is 3.29. The highest BCUT2D eigenvalue weighted by Gasteiger charge is 2.31. The number of halogens is 1. The zero-order valence-corrected chi connectivity index (χ0v) is 11.0. The van der Waals surface area contributed by atoms with Gasteiger partial charge >= 0.3 is 0 Å². The van der Waals surface area contributed by atoms with E-state index in [0.717, 1.165) is 26.2 Å². The number of nitrogens with zero attached hydrogens (tertiary/aromatic N) is 1. The van der Waals surface area contributed by atoms with E-state index in [1.165, 1.54) is 5.56 Å². The van der Waals surface area contributed by atoms with Crippen molar-refractivity contribution < 1.29 is 0 Å². The minimum absolute atomic E-state index is 0.00580. The fraction of sp³-hybridized carbons (Fsp3) is 0.429. The van der Waals surface area contributed by atoms with Crippen molar-refractivity contribution in [1.82, 2.24) is 10.2 Å². The molecule has 1 heterocycles. The summed E-state index contributed by atoms with van der Waals surface area (Å²) in [4.78, 5) is 2.35. The van der Waals surface area contributed by atoms with Gasteiger partial charge in [0.1, 0.15) is 0 Å². The Balaban J connectivity index is 2.12.